The number of benzene rings is 1. The SMILES string of the molecule is Cc1cc(F)cc(CCC(=O)CN)c1. The summed E-state index contributed by atoms with van der Waals surface area (Å²) >= 11 is 0. The van der Waals surface area contributed by atoms with Gasteiger partial charge in [-0.15, -0.1) is 0 Å². The first kappa shape index (κ1) is 10.9. The van der Waals surface area contributed by atoms with Crippen molar-refractivity contribution in [1.82, 2.24) is 0 Å². The van der Waals surface area contributed by atoms with Gasteiger partial charge in [0.15, 0.2) is 0 Å². The number of rotatable bonds is 4. The molecule has 3 heteroatoms. The molecule has 0 aliphatic rings. The zero-order chi connectivity index (χ0) is 10.6. The molecule has 1 aromatic rings. The average Bonchev–Trinajstić information content (AvgIpc) is 2.12. The molecular weight excluding hydrogens is 181 g/mol. The van der Waals surface area contributed by atoms with Crippen molar-refractivity contribution in [1.29, 1.82) is 0 Å². The van der Waals surface area contributed by atoms with Gasteiger partial charge in [-0.25, -0.2) is 4.39 Å². The highest BCUT2D eigenvalue weighted by Gasteiger charge is 2.02. The van der Waals surface area contributed by atoms with Gasteiger partial charge in [0.1, 0.15) is 11.6 Å². The quantitative estimate of drug-likeness (QED) is 0.792. The van der Waals surface area contributed by atoms with Crippen LogP contribution in [0.1, 0.15) is 17.5 Å². The maximum Gasteiger partial charge on any atom is 0.146 e. The van der Waals surface area contributed by atoms with Gasteiger partial charge in [0, 0.05) is 6.42 Å². The van der Waals surface area contributed by atoms with Gasteiger partial charge >= 0.3 is 0 Å². The van der Waals surface area contributed by atoms with Crippen LogP contribution in [0.4, 0.5) is 4.39 Å². The number of carbonyl (C=O) groups excluding carboxylic acids is 1. The molecule has 0 aliphatic heterocycles. The summed E-state index contributed by atoms with van der Waals surface area (Å²) in [5.74, 6) is -0.243. The molecule has 2 nitrogen and oxygen atoms in total. The van der Waals surface area contributed by atoms with Crippen LogP contribution in [0.2, 0.25) is 0 Å². The molecule has 0 radical (unpaired) electrons. The van der Waals surface area contributed by atoms with Gasteiger partial charge < -0.3 is 5.73 Å². The molecule has 0 atom stereocenters. The molecule has 0 fully saturated rings. The van der Waals surface area contributed by atoms with Crippen molar-refractivity contribution in [2.45, 2.75) is 19.8 Å². The van der Waals surface area contributed by atoms with E-state index in [1.807, 2.05) is 13.0 Å². The fourth-order valence-electron chi connectivity index (χ4n) is 1.34. The fraction of sp³-hybridized carbons (Fsp3) is 0.364. The smallest absolute Gasteiger partial charge is 0.146 e. The Morgan fingerprint density at radius 3 is 2.71 bits per heavy atom. The maximum atomic E-state index is 12.9. The van der Waals surface area contributed by atoms with Gasteiger partial charge in [-0.2, -0.15) is 0 Å². The molecule has 0 saturated heterocycles. The lowest BCUT2D eigenvalue weighted by Crippen LogP contribution is -2.13. The zero-order valence-corrected chi connectivity index (χ0v) is 8.22. The summed E-state index contributed by atoms with van der Waals surface area (Å²) in [6.07, 6.45) is 0.952. The van der Waals surface area contributed by atoms with E-state index in [9.17, 15) is 9.18 Å². The number of carbonyl (C=O) groups is 1. The summed E-state index contributed by atoms with van der Waals surface area (Å²) in [5, 5.41) is 0. The summed E-state index contributed by atoms with van der Waals surface area (Å²) in [6.45, 7) is 1.89. The lowest BCUT2D eigenvalue weighted by molar-refractivity contribution is -0.117. The molecule has 0 spiro atoms. The van der Waals surface area contributed by atoms with E-state index in [2.05, 4.69) is 0 Å². The van der Waals surface area contributed by atoms with Crippen LogP contribution in [0.3, 0.4) is 0 Å². The minimum absolute atomic E-state index is 0.00640. The van der Waals surface area contributed by atoms with Gasteiger partial charge in [0.05, 0.1) is 6.54 Å². The maximum absolute atomic E-state index is 12.9. The second kappa shape index (κ2) is 4.86. The first-order chi connectivity index (χ1) is 6.61. The number of Topliss-reactive ketones (excluding diaryl/α,β-unsaturated/α-hetero) is 1. The Bertz CT molecular complexity index is 316. The molecule has 0 bridgehead atoms. The van der Waals surface area contributed by atoms with Crippen LogP contribution in [0.5, 0.6) is 0 Å². The standard InChI is InChI=1S/C11H14FNO/c1-8-4-9(6-10(12)5-8)2-3-11(14)7-13/h4-6H,2-3,7,13H2,1H3. The largest absolute Gasteiger partial charge is 0.324 e. The molecule has 0 unspecified atom stereocenters. The lowest BCUT2D eigenvalue weighted by atomic mass is 10.1. The molecule has 0 aliphatic carbocycles. The molecule has 76 valence electrons. The summed E-state index contributed by atoms with van der Waals surface area (Å²) in [7, 11) is 0. The van der Waals surface area contributed by atoms with Crippen LogP contribution in [0, 0.1) is 12.7 Å². The van der Waals surface area contributed by atoms with Crippen molar-refractivity contribution in [2.75, 3.05) is 6.54 Å². The highest BCUT2D eigenvalue weighted by atomic mass is 19.1. The van der Waals surface area contributed by atoms with Crippen molar-refractivity contribution in [3.8, 4) is 0 Å². The Kier molecular flexibility index (Phi) is 3.77. The summed E-state index contributed by atoms with van der Waals surface area (Å²) in [6, 6.07) is 4.80. The number of hydrogen-bond donors (Lipinski definition) is 1. The van der Waals surface area contributed by atoms with Crippen LogP contribution in [-0.4, -0.2) is 12.3 Å². The van der Waals surface area contributed by atoms with E-state index >= 15 is 0 Å². The third-order valence-electron chi connectivity index (χ3n) is 2.02. The summed E-state index contributed by atoms with van der Waals surface area (Å²) in [4.78, 5) is 10.9. The van der Waals surface area contributed by atoms with E-state index in [1.165, 1.54) is 12.1 Å². The topological polar surface area (TPSA) is 43.1 Å². The van der Waals surface area contributed by atoms with Crippen LogP contribution < -0.4 is 5.73 Å². The molecule has 2 N–H and O–H groups in total. The average molecular weight is 195 g/mol. The van der Waals surface area contributed by atoms with Crippen LogP contribution >= 0.6 is 0 Å². The van der Waals surface area contributed by atoms with E-state index in [4.69, 9.17) is 5.73 Å². The Hall–Kier alpha value is -1.22. The predicted molar refractivity (Wildman–Crippen MR) is 53.5 cm³/mol. The number of nitrogens with two attached hydrogens (primary N) is 1. The molecule has 1 rings (SSSR count). The Morgan fingerprint density at radius 2 is 2.14 bits per heavy atom. The molecule has 0 amide bonds. The first-order valence-corrected chi connectivity index (χ1v) is 4.59. The summed E-state index contributed by atoms with van der Waals surface area (Å²) < 4.78 is 12.9. The Labute approximate surface area is 82.9 Å². The fourth-order valence-corrected chi connectivity index (χ4v) is 1.34. The molecule has 0 aromatic heterocycles. The van der Waals surface area contributed by atoms with Gasteiger partial charge in [0.2, 0.25) is 0 Å². The number of ketones is 1. The van der Waals surface area contributed by atoms with Crippen molar-refractivity contribution in [3.63, 3.8) is 0 Å². The van der Waals surface area contributed by atoms with Gasteiger partial charge in [-0.05, 0) is 36.6 Å². The van der Waals surface area contributed by atoms with E-state index in [1.54, 1.807) is 0 Å². The minimum atomic E-state index is -0.250. The highest BCUT2D eigenvalue weighted by Crippen LogP contribution is 2.10. The van der Waals surface area contributed by atoms with E-state index in [-0.39, 0.29) is 18.1 Å². The normalized spacial score (nSPS) is 10.2. The van der Waals surface area contributed by atoms with Gasteiger partial charge in [-0.1, -0.05) is 6.07 Å². The zero-order valence-electron chi connectivity index (χ0n) is 8.22. The van der Waals surface area contributed by atoms with Crippen molar-refractivity contribution < 1.29 is 9.18 Å². The second-order valence-corrected chi connectivity index (χ2v) is 3.38. The minimum Gasteiger partial charge on any atom is -0.324 e. The predicted octanol–water partition coefficient (Wildman–Crippen LogP) is 1.59. The van der Waals surface area contributed by atoms with Gasteiger partial charge in [0.25, 0.3) is 0 Å². The third kappa shape index (κ3) is 3.26. The van der Waals surface area contributed by atoms with Crippen molar-refractivity contribution >= 4 is 5.78 Å². The van der Waals surface area contributed by atoms with Gasteiger partial charge in [-0.3, -0.25) is 4.79 Å². The number of halogens is 1. The van der Waals surface area contributed by atoms with Crippen LogP contribution in [0.15, 0.2) is 18.2 Å². The third-order valence-corrected chi connectivity index (χ3v) is 2.02. The molecular formula is C11H14FNO. The number of aryl methyl sites for hydroxylation is 2. The first-order valence-electron chi connectivity index (χ1n) is 4.59. The van der Waals surface area contributed by atoms with E-state index in [0.717, 1.165) is 11.1 Å². The summed E-state index contributed by atoms with van der Waals surface area (Å²) in [5.41, 5.74) is 6.90. The van der Waals surface area contributed by atoms with Crippen LogP contribution in [0.25, 0.3) is 0 Å². The Morgan fingerprint density at radius 1 is 1.43 bits per heavy atom. The number of hydrogen-bond acceptors (Lipinski definition) is 2. The highest BCUT2D eigenvalue weighted by molar-refractivity contribution is 5.80. The van der Waals surface area contributed by atoms with Crippen molar-refractivity contribution in [3.05, 3.63) is 35.1 Å². The van der Waals surface area contributed by atoms with E-state index in [0.29, 0.717) is 12.8 Å². The molecule has 14 heavy (non-hydrogen) atoms. The van der Waals surface area contributed by atoms with E-state index < -0.39 is 0 Å². The molecule has 1 aromatic carbocycles. The monoisotopic (exact) mass is 195 g/mol. The van der Waals surface area contributed by atoms with Crippen LogP contribution in [-0.2, 0) is 11.2 Å². The lowest BCUT2D eigenvalue weighted by Gasteiger charge is -2.02. The molecule has 0 heterocycles. The second-order valence-electron chi connectivity index (χ2n) is 3.38. The molecule has 0 saturated carbocycles. The van der Waals surface area contributed by atoms with Crippen molar-refractivity contribution in [2.24, 2.45) is 5.73 Å². The Balaban J connectivity index is 2.63.